The van der Waals surface area contributed by atoms with Gasteiger partial charge in [-0.15, -0.1) is 0 Å². The normalized spacial score (nSPS) is 16.0. The summed E-state index contributed by atoms with van der Waals surface area (Å²) in [6, 6.07) is 7.82. The number of nitrogens with zero attached hydrogens (tertiary/aromatic N) is 5. The number of Topliss-reactive ketones (excluding diaryl/α,β-unsaturated/α-hetero) is 1. The Hall–Kier alpha value is -2.74. The highest BCUT2D eigenvalue weighted by Crippen LogP contribution is 2.24. The minimum absolute atomic E-state index is 0.0943. The highest BCUT2D eigenvalue weighted by Gasteiger charge is 2.26. The zero-order valence-corrected chi connectivity index (χ0v) is 16.3. The minimum atomic E-state index is -2.33. The molecule has 152 valence electrons. The van der Waals surface area contributed by atoms with E-state index < -0.39 is 6.43 Å². The summed E-state index contributed by atoms with van der Waals surface area (Å²) in [5, 5.41) is 13.6. The molecule has 0 amide bonds. The molecule has 8 heteroatoms. The highest BCUT2D eigenvalue weighted by atomic mass is 19.3. The highest BCUT2D eigenvalue weighted by molar-refractivity contribution is 5.86. The van der Waals surface area contributed by atoms with E-state index in [4.69, 9.17) is 0 Å². The smallest absolute Gasteiger partial charge is 0.251 e. The number of hydrogen-bond donors (Lipinski definition) is 0. The number of halogens is 2. The lowest BCUT2D eigenvalue weighted by atomic mass is 9.90. The maximum absolute atomic E-state index is 12.7. The summed E-state index contributed by atoms with van der Waals surface area (Å²) in [5.74, 6) is 0.0157. The average Bonchev–Trinajstić information content (AvgIpc) is 3.14. The Labute approximate surface area is 167 Å². The van der Waals surface area contributed by atoms with Gasteiger partial charge in [0.2, 0.25) is 0 Å². The van der Waals surface area contributed by atoms with Crippen molar-refractivity contribution in [2.24, 2.45) is 13.0 Å². The Morgan fingerprint density at radius 2 is 1.97 bits per heavy atom. The van der Waals surface area contributed by atoms with Crippen molar-refractivity contribution in [2.45, 2.75) is 25.7 Å². The fourth-order valence-corrected chi connectivity index (χ4v) is 3.88. The Balaban J connectivity index is 1.44. The van der Waals surface area contributed by atoms with Crippen molar-refractivity contribution in [2.75, 3.05) is 19.6 Å². The van der Waals surface area contributed by atoms with Crippen LogP contribution in [0.25, 0.3) is 22.0 Å². The zero-order chi connectivity index (χ0) is 20.4. The minimum Gasteiger partial charge on any atom is -0.299 e. The van der Waals surface area contributed by atoms with Crippen LogP contribution < -0.4 is 0 Å². The molecule has 1 saturated heterocycles. The van der Waals surface area contributed by atoms with Crippen LogP contribution in [0.1, 0.15) is 18.5 Å². The Morgan fingerprint density at radius 1 is 1.17 bits per heavy atom. The number of rotatable bonds is 6. The standard InChI is InChI=1S/C21H23F2N5O/c1-27-12-17(11-24-27)15-2-3-19-16(8-15)9-18(25-26-19)10-20(29)14-4-6-28(7-5-14)13-21(22)23/h2-3,8-9,11-12,14,21H,4-7,10,13H2,1H3. The first-order valence-electron chi connectivity index (χ1n) is 9.76. The van der Waals surface area contributed by atoms with E-state index in [1.165, 1.54) is 0 Å². The summed E-state index contributed by atoms with van der Waals surface area (Å²) in [4.78, 5) is 14.4. The van der Waals surface area contributed by atoms with Gasteiger partial charge in [-0.3, -0.25) is 14.4 Å². The largest absolute Gasteiger partial charge is 0.299 e. The second-order valence-corrected chi connectivity index (χ2v) is 7.62. The predicted octanol–water partition coefficient (Wildman–Crippen LogP) is 3.12. The van der Waals surface area contributed by atoms with E-state index in [0.29, 0.717) is 31.6 Å². The molecule has 3 heterocycles. The number of ketones is 1. The van der Waals surface area contributed by atoms with Gasteiger partial charge < -0.3 is 0 Å². The summed E-state index contributed by atoms with van der Waals surface area (Å²) in [7, 11) is 1.87. The first kappa shape index (κ1) is 19.6. The third kappa shape index (κ3) is 4.64. The summed E-state index contributed by atoms with van der Waals surface area (Å²) < 4.78 is 26.8. The van der Waals surface area contributed by atoms with E-state index in [1.54, 1.807) is 15.8 Å². The van der Waals surface area contributed by atoms with E-state index in [-0.39, 0.29) is 24.7 Å². The topological polar surface area (TPSA) is 63.9 Å². The van der Waals surface area contributed by atoms with Crippen molar-refractivity contribution in [3.05, 3.63) is 42.4 Å². The number of aromatic nitrogens is 4. The monoisotopic (exact) mass is 399 g/mol. The van der Waals surface area contributed by atoms with Gasteiger partial charge in [0.05, 0.1) is 30.4 Å². The molecule has 0 radical (unpaired) electrons. The molecule has 0 unspecified atom stereocenters. The van der Waals surface area contributed by atoms with Gasteiger partial charge in [-0.1, -0.05) is 6.07 Å². The second-order valence-electron chi connectivity index (χ2n) is 7.62. The number of fused-ring (bicyclic) bond motifs is 1. The molecule has 2 aromatic heterocycles. The fourth-order valence-electron chi connectivity index (χ4n) is 3.88. The van der Waals surface area contributed by atoms with Crippen LogP contribution in [0.15, 0.2) is 36.7 Å². The number of likely N-dealkylation sites (tertiary alicyclic amines) is 1. The van der Waals surface area contributed by atoms with Gasteiger partial charge in [0.1, 0.15) is 5.78 Å². The van der Waals surface area contributed by atoms with Crippen molar-refractivity contribution in [3.8, 4) is 11.1 Å². The van der Waals surface area contributed by atoms with Crippen LogP contribution >= 0.6 is 0 Å². The quantitative estimate of drug-likeness (QED) is 0.637. The van der Waals surface area contributed by atoms with E-state index in [0.717, 1.165) is 22.0 Å². The molecule has 1 fully saturated rings. The summed E-state index contributed by atoms with van der Waals surface area (Å²) >= 11 is 0. The van der Waals surface area contributed by atoms with Crippen LogP contribution in [-0.4, -0.2) is 56.7 Å². The number of benzene rings is 1. The lowest BCUT2D eigenvalue weighted by Crippen LogP contribution is -2.39. The van der Waals surface area contributed by atoms with Gasteiger partial charge in [0.15, 0.2) is 0 Å². The van der Waals surface area contributed by atoms with Crippen LogP contribution in [0.5, 0.6) is 0 Å². The maximum Gasteiger partial charge on any atom is 0.251 e. The molecule has 0 atom stereocenters. The molecule has 1 aromatic carbocycles. The van der Waals surface area contributed by atoms with E-state index >= 15 is 0 Å². The van der Waals surface area contributed by atoms with E-state index in [9.17, 15) is 13.6 Å². The Morgan fingerprint density at radius 3 is 2.66 bits per heavy atom. The maximum atomic E-state index is 12.7. The summed E-state index contributed by atoms with van der Waals surface area (Å²) in [6.07, 6.45) is 2.89. The average molecular weight is 399 g/mol. The fraction of sp³-hybridized carbons (Fsp3) is 0.429. The number of alkyl halides is 2. The van der Waals surface area contributed by atoms with Gasteiger partial charge in [-0.05, 0) is 49.7 Å². The third-order valence-electron chi connectivity index (χ3n) is 5.47. The van der Waals surface area contributed by atoms with E-state index in [2.05, 4.69) is 15.3 Å². The molecule has 0 saturated carbocycles. The molecular formula is C21H23F2N5O. The van der Waals surface area contributed by atoms with Crippen molar-refractivity contribution >= 4 is 16.7 Å². The van der Waals surface area contributed by atoms with E-state index in [1.807, 2.05) is 37.5 Å². The number of piperidine rings is 1. The van der Waals surface area contributed by atoms with Crippen LogP contribution in [0.4, 0.5) is 8.78 Å². The SMILES string of the molecule is Cn1cc(-c2ccc3nnc(CC(=O)C4CCN(CC(F)F)CC4)cc3c2)cn1. The Bertz CT molecular complexity index is 1010. The second kappa shape index (κ2) is 8.32. The number of carbonyl (C=O) groups is 1. The molecular weight excluding hydrogens is 376 g/mol. The van der Waals surface area contributed by atoms with Crippen LogP contribution in [0, 0.1) is 5.92 Å². The molecule has 4 rings (SSSR count). The lowest BCUT2D eigenvalue weighted by molar-refractivity contribution is -0.123. The molecule has 1 aliphatic heterocycles. The first-order valence-corrected chi connectivity index (χ1v) is 9.76. The van der Waals surface area contributed by atoms with Gasteiger partial charge in [-0.2, -0.15) is 15.3 Å². The zero-order valence-electron chi connectivity index (χ0n) is 16.3. The predicted molar refractivity (Wildman–Crippen MR) is 106 cm³/mol. The van der Waals surface area contributed by atoms with Crippen LogP contribution in [0.3, 0.4) is 0 Å². The van der Waals surface area contributed by atoms with Gasteiger partial charge >= 0.3 is 0 Å². The van der Waals surface area contributed by atoms with Crippen LogP contribution in [0.2, 0.25) is 0 Å². The van der Waals surface area contributed by atoms with Crippen molar-refractivity contribution in [3.63, 3.8) is 0 Å². The third-order valence-corrected chi connectivity index (χ3v) is 5.47. The molecule has 0 spiro atoms. The molecule has 1 aliphatic rings. The first-order chi connectivity index (χ1) is 14.0. The van der Waals surface area contributed by atoms with Gasteiger partial charge in [0, 0.05) is 30.1 Å². The van der Waals surface area contributed by atoms with Crippen LogP contribution in [-0.2, 0) is 18.3 Å². The number of hydrogen-bond acceptors (Lipinski definition) is 5. The molecule has 0 bridgehead atoms. The number of carbonyl (C=O) groups excluding carboxylic acids is 1. The van der Waals surface area contributed by atoms with Crippen molar-refractivity contribution in [1.29, 1.82) is 0 Å². The molecule has 29 heavy (non-hydrogen) atoms. The van der Waals surface area contributed by atoms with Crippen molar-refractivity contribution < 1.29 is 13.6 Å². The molecule has 0 N–H and O–H groups in total. The number of aryl methyl sites for hydroxylation is 1. The lowest BCUT2D eigenvalue weighted by Gasteiger charge is -2.30. The Kier molecular flexibility index (Phi) is 5.62. The molecule has 6 nitrogen and oxygen atoms in total. The molecule has 0 aliphatic carbocycles. The molecule has 3 aromatic rings. The summed E-state index contributed by atoms with van der Waals surface area (Å²) in [6.45, 7) is 0.869. The summed E-state index contributed by atoms with van der Waals surface area (Å²) in [5.41, 5.74) is 3.46. The van der Waals surface area contributed by atoms with Gasteiger partial charge in [0.25, 0.3) is 6.43 Å². The van der Waals surface area contributed by atoms with Gasteiger partial charge in [-0.25, -0.2) is 8.78 Å². The van der Waals surface area contributed by atoms with Crippen molar-refractivity contribution in [1.82, 2.24) is 24.9 Å².